The number of amides is 1. The highest BCUT2D eigenvalue weighted by Crippen LogP contribution is 2.18. The number of carboxylic acids is 1. The lowest BCUT2D eigenvalue weighted by atomic mass is 9.99. The number of aliphatic carboxylic acids is 1. The number of hydrogen-bond donors (Lipinski definition) is 2. The van der Waals surface area contributed by atoms with E-state index in [4.69, 9.17) is 4.74 Å². The van der Waals surface area contributed by atoms with Gasteiger partial charge in [0.25, 0.3) is 0 Å². The molecule has 1 aromatic carbocycles. The number of rotatable bonds is 9. The van der Waals surface area contributed by atoms with Crippen LogP contribution in [0.3, 0.4) is 0 Å². The second-order valence-electron chi connectivity index (χ2n) is 5.64. The van der Waals surface area contributed by atoms with Crippen molar-refractivity contribution in [3.8, 4) is 5.75 Å². The number of nitrogens with one attached hydrogen (secondary N) is 1. The van der Waals surface area contributed by atoms with E-state index < -0.39 is 12.0 Å². The first kappa shape index (κ1) is 19.0. The molecule has 0 aromatic heterocycles. The molecule has 6 heteroatoms. The molecule has 1 amide bonds. The highest BCUT2D eigenvalue weighted by Gasteiger charge is 2.24. The molecule has 0 unspecified atom stereocenters. The summed E-state index contributed by atoms with van der Waals surface area (Å²) in [4.78, 5) is 25.0. The fourth-order valence-corrected chi connectivity index (χ4v) is 2.28. The summed E-state index contributed by atoms with van der Waals surface area (Å²) in [6.45, 7) is 4.19. The van der Waals surface area contributed by atoms with Gasteiger partial charge in [0.15, 0.2) is 0 Å². The molecule has 1 aromatic rings. The molecular formula is C17H26N2O4. The van der Waals surface area contributed by atoms with Gasteiger partial charge in [-0.25, -0.2) is 0 Å². The van der Waals surface area contributed by atoms with Gasteiger partial charge in [0, 0.05) is 19.2 Å². The molecule has 128 valence electrons. The molecule has 0 radical (unpaired) electrons. The average molecular weight is 322 g/mol. The maximum atomic E-state index is 12.2. The number of benzene rings is 1. The van der Waals surface area contributed by atoms with Crippen LogP contribution in [0.2, 0.25) is 0 Å². The highest BCUT2D eigenvalue weighted by molar-refractivity contribution is 5.80. The molecule has 6 nitrogen and oxygen atoms in total. The number of methoxy groups -OCH3 is 1. The van der Waals surface area contributed by atoms with E-state index in [0.29, 0.717) is 6.54 Å². The van der Waals surface area contributed by atoms with Gasteiger partial charge >= 0.3 is 5.97 Å². The normalized spacial score (nSPS) is 13.2. The SMILES string of the molecule is CC[C@H](C)[C@H](NCC(=O)N(C)Cc1ccccc1OC)C(=O)O. The Morgan fingerprint density at radius 1 is 1.35 bits per heavy atom. The third kappa shape index (κ3) is 5.56. The number of para-hydroxylation sites is 1. The predicted molar refractivity (Wildman–Crippen MR) is 88.3 cm³/mol. The van der Waals surface area contributed by atoms with E-state index in [2.05, 4.69) is 5.32 Å². The molecule has 2 atom stereocenters. The van der Waals surface area contributed by atoms with E-state index in [-0.39, 0.29) is 18.4 Å². The maximum Gasteiger partial charge on any atom is 0.320 e. The van der Waals surface area contributed by atoms with Crippen molar-refractivity contribution >= 4 is 11.9 Å². The molecule has 0 aliphatic rings. The molecule has 0 bridgehead atoms. The zero-order valence-electron chi connectivity index (χ0n) is 14.2. The number of nitrogens with zero attached hydrogens (tertiary/aromatic N) is 1. The van der Waals surface area contributed by atoms with Gasteiger partial charge in [-0.05, 0) is 12.0 Å². The van der Waals surface area contributed by atoms with Gasteiger partial charge in [0.1, 0.15) is 11.8 Å². The van der Waals surface area contributed by atoms with Crippen molar-refractivity contribution in [2.45, 2.75) is 32.9 Å². The molecule has 0 aliphatic heterocycles. The number of carbonyl (C=O) groups is 2. The third-order valence-electron chi connectivity index (χ3n) is 3.98. The first-order valence-electron chi connectivity index (χ1n) is 7.72. The number of ether oxygens (including phenoxy) is 1. The van der Waals surface area contributed by atoms with Crippen LogP contribution in [0.25, 0.3) is 0 Å². The monoisotopic (exact) mass is 322 g/mol. The summed E-state index contributed by atoms with van der Waals surface area (Å²) in [7, 11) is 3.28. The van der Waals surface area contributed by atoms with Crippen molar-refractivity contribution in [1.29, 1.82) is 0 Å². The van der Waals surface area contributed by atoms with Crippen molar-refractivity contribution in [1.82, 2.24) is 10.2 Å². The van der Waals surface area contributed by atoms with Crippen LogP contribution in [0.5, 0.6) is 5.75 Å². The Balaban J connectivity index is 2.61. The van der Waals surface area contributed by atoms with Gasteiger partial charge in [-0.15, -0.1) is 0 Å². The van der Waals surface area contributed by atoms with Crippen LogP contribution in [-0.4, -0.2) is 48.6 Å². The molecular weight excluding hydrogens is 296 g/mol. The minimum Gasteiger partial charge on any atom is -0.496 e. The van der Waals surface area contributed by atoms with Crippen LogP contribution >= 0.6 is 0 Å². The molecule has 0 heterocycles. The minimum atomic E-state index is -0.931. The van der Waals surface area contributed by atoms with Gasteiger partial charge in [-0.3, -0.25) is 14.9 Å². The summed E-state index contributed by atoms with van der Waals surface area (Å²) in [5.41, 5.74) is 0.905. The highest BCUT2D eigenvalue weighted by atomic mass is 16.5. The number of likely N-dealkylation sites (N-methyl/N-ethyl adjacent to an activating group) is 1. The zero-order chi connectivity index (χ0) is 17.4. The minimum absolute atomic E-state index is 0.00699. The summed E-state index contributed by atoms with van der Waals surface area (Å²) in [5, 5.41) is 12.1. The fourth-order valence-electron chi connectivity index (χ4n) is 2.28. The lowest BCUT2D eigenvalue weighted by Gasteiger charge is -2.23. The van der Waals surface area contributed by atoms with E-state index >= 15 is 0 Å². The quantitative estimate of drug-likeness (QED) is 0.724. The molecule has 2 N–H and O–H groups in total. The van der Waals surface area contributed by atoms with Crippen molar-refractivity contribution in [2.24, 2.45) is 5.92 Å². The van der Waals surface area contributed by atoms with Gasteiger partial charge < -0.3 is 14.7 Å². The predicted octanol–water partition coefficient (Wildman–Crippen LogP) is 1.74. The Labute approximate surface area is 137 Å². The molecule has 0 fully saturated rings. The first-order valence-corrected chi connectivity index (χ1v) is 7.72. The van der Waals surface area contributed by atoms with Crippen LogP contribution < -0.4 is 10.1 Å². The zero-order valence-corrected chi connectivity index (χ0v) is 14.2. The molecule has 0 aliphatic carbocycles. The standard InChI is InChI=1S/C17H26N2O4/c1-5-12(2)16(17(21)22)18-10-15(20)19(3)11-13-8-6-7-9-14(13)23-4/h6-9,12,16,18H,5,10-11H2,1-4H3,(H,21,22)/t12-,16-/m0/s1. The number of carboxylic acid groups (broad SMARTS) is 1. The molecule has 0 spiro atoms. The lowest BCUT2D eigenvalue weighted by molar-refractivity contribution is -0.141. The average Bonchev–Trinajstić information content (AvgIpc) is 2.54. The number of carbonyl (C=O) groups excluding carboxylic acids is 1. The Kier molecular flexibility index (Phi) is 7.54. The van der Waals surface area contributed by atoms with Crippen molar-refractivity contribution in [3.05, 3.63) is 29.8 Å². The second kappa shape index (κ2) is 9.15. The summed E-state index contributed by atoms with van der Waals surface area (Å²) in [5.74, 6) is -0.409. The smallest absolute Gasteiger partial charge is 0.320 e. The second-order valence-corrected chi connectivity index (χ2v) is 5.64. The van der Waals surface area contributed by atoms with Crippen molar-refractivity contribution < 1.29 is 19.4 Å². The van der Waals surface area contributed by atoms with Gasteiger partial charge in [0.05, 0.1) is 13.7 Å². The van der Waals surface area contributed by atoms with Crippen molar-refractivity contribution in [3.63, 3.8) is 0 Å². The molecule has 0 saturated heterocycles. The topological polar surface area (TPSA) is 78.9 Å². The largest absolute Gasteiger partial charge is 0.496 e. The van der Waals surface area contributed by atoms with E-state index in [9.17, 15) is 14.7 Å². The first-order chi connectivity index (χ1) is 10.9. The maximum absolute atomic E-state index is 12.2. The summed E-state index contributed by atoms with van der Waals surface area (Å²) < 4.78 is 5.27. The fraction of sp³-hybridized carbons (Fsp3) is 0.529. The Hall–Kier alpha value is -2.08. The summed E-state index contributed by atoms with van der Waals surface area (Å²) in [6, 6.07) is 6.78. The van der Waals surface area contributed by atoms with Crippen LogP contribution in [0.15, 0.2) is 24.3 Å². The third-order valence-corrected chi connectivity index (χ3v) is 3.98. The Morgan fingerprint density at radius 3 is 2.57 bits per heavy atom. The van der Waals surface area contributed by atoms with Gasteiger partial charge in [-0.1, -0.05) is 38.5 Å². The lowest BCUT2D eigenvalue weighted by Crippen LogP contribution is -2.46. The Morgan fingerprint density at radius 2 is 2.00 bits per heavy atom. The van der Waals surface area contributed by atoms with E-state index in [1.807, 2.05) is 38.1 Å². The van der Waals surface area contributed by atoms with Gasteiger partial charge in [-0.2, -0.15) is 0 Å². The van der Waals surface area contributed by atoms with E-state index in [1.54, 1.807) is 19.1 Å². The molecule has 1 rings (SSSR count). The number of hydrogen-bond acceptors (Lipinski definition) is 4. The van der Waals surface area contributed by atoms with Crippen LogP contribution in [0.1, 0.15) is 25.8 Å². The summed E-state index contributed by atoms with van der Waals surface area (Å²) in [6.07, 6.45) is 0.731. The van der Waals surface area contributed by atoms with Crippen LogP contribution in [-0.2, 0) is 16.1 Å². The summed E-state index contributed by atoms with van der Waals surface area (Å²) >= 11 is 0. The van der Waals surface area contributed by atoms with E-state index in [0.717, 1.165) is 17.7 Å². The van der Waals surface area contributed by atoms with Gasteiger partial charge in [0.2, 0.25) is 5.91 Å². The Bertz CT molecular complexity index is 533. The molecule has 0 saturated carbocycles. The van der Waals surface area contributed by atoms with Crippen molar-refractivity contribution in [2.75, 3.05) is 20.7 Å². The molecule has 23 heavy (non-hydrogen) atoms. The van der Waals surface area contributed by atoms with Crippen LogP contribution in [0, 0.1) is 5.92 Å². The van der Waals surface area contributed by atoms with E-state index in [1.165, 1.54) is 0 Å². The van der Waals surface area contributed by atoms with Crippen LogP contribution in [0.4, 0.5) is 0 Å².